The number of nitrogens with one attached hydrogen (secondary N) is 1. The minimum absolute atomic E-state index is 0.697. The van der Waals surface area contributed by atoms with Gasteiger partial charge in [0.2, 0.25) is 0 Å². The molecule has 0 aliphatic rings. The highest BCUT2D eigenvalue weighted by molar-refractivity contribution is 4.70. The summed E-state index contributed by atoms with van der Waals surface area (Å²) in [5.74, 6) is 0.898. The number of rotatable bonds is 8. The Kier molecular flexibility index (Phi) is 8.20. The molecule has 0 amide bonds. The minimum atomic E-state index is 0.697. The summed E-state index contributed by atoms with van der Waals surface area (Å²) in [6.45, 7) is 5.78. The summed E-state index contributed by atoms with van der Waals surface area (Å²) in [4.78, 5) is 2.26. The average molecular weight is 200 g/mol. The van der Waals surface area contributed by atoms with Crippen molar-refractivity contribution in [2.75, 3.05) is 27.7 Å². The Bertz CT molecular complexity index is 119. The van der Waals surface area contributed by atoms with Crippen molar-refractivity contribution in [2.24, 2.45) is 5.92 Å². The molecule has 0 aromatic rings. The van der Waals surface area contributed by atoms with Crippen molar-refractivity contribution in [1.82, 2.24) is 10.2 Å². The monoisotopic (exact) mass is 200 g/mol. The molecule has 0 radical (unpaired) electrons. The molecule has 0 aromatic heterocycles. The molecular weight excluding hydrogens is 172 g/mol. The second kappa shape index (κ2) is 8.25. The van der Waals surface area contributed by atoms with Crippen LogP contribution in [0, 0.1) is 5.92 Å². The maximum absolute atomic E-state index is 3.43. The van der Waals surface area contributed by atoms with Crippen molar-refractivity contribution in [1.29, 1.82) is 0 Å². The summed E-state index contributed by atoms with van der Waals surface area (Å²) in [6, 6.07) is 0.697. The zero-order valence-electron chi connectivity index (χ0n) is 10.6. The summed E-state index contributed by atoms with van der Waals surface area (Å²) in [7, 11) is 6.37. The Morgan fingerprint density at radius 1 is 1.14 bits per heavy atom. The van der Waals surface area contributed by atoms with Crippen LogP contribution in [0.4, 0.5) is 0 Å². The van der Waals surface area contributed by atoms with Gasteiger partial charge < -0.3 is 10.2 Å². The van der Waals surface area contributed by atoms with E-state index in [9.17, 15) is 0 Å². The molecule has 0 rings (SSSR count). The van der Waals surface area contributed by atoms with Crippen molar-refractivity contribution in [3.8, 4) is 0 Å². The lowest BCUT2D eigenvalue weighted by Crippen LogP contribution is -2.31. The first-order valence-corrected chi connectivity index (χ1v) is 5.95. The molecule has 14 heavy (non-hydrogen) atoms. The Balaban J connectivity index is 3.76. The molecule has 1 atom stereocenters. The van der Waals surface area contributed by atoms with Crippen molar-refractivity contribution in [3.05, 3.63) is 0 Å². The van der Waals surface area contributed by atoms with E-state index in [1.807, 2.05) is 0 Å². The van der Waals surface area contributed by atoms with Crippen LogP contribution in [0.1, 0.15) is 39.5 Å². The molecule has 0 heterocycles. The van der Waals surface area contributed by atoms with Gasteiger partial charge in [0.05, 0.1) is 0 Å². The van der Waals surface area contributed by atoms with Crippen LogP contribution in [0.2, 0.25) is 0 Å². The predicted molar refractivity (Wildman–Crippen MR) is 64.7 cm³/mol. The van der Waals surface area contributed by atoms with Gasteiger partial charge in [-0.2, -0.15) is 0 Å². The predicted octanol–water partition coefficient (Wildman–Crippen LogP) is 2.35. The minimum Gasteiger partial charge on any atom is -0.317 e. The summed E-state index contributed by atoms with van der Waals surface area (Å²) in [5.41, 5.74) is 0. The van der Waals surface area contributed by atoms with Gasteiger partial charge in [-0.25, -0.2) is 0 Å². The van der Waals surface area contributed by atoms with Crippen LogP contribution in [0.3, 0.4) is 0 Å². The molecular formula is C12H28N2. The second-order valence-corrected chi connectivity index (χ2v) is 4.50. The van der Waals surface area contributed by atoms with Crippen LogP contribution >= 0.6 is 0 Å². The van der Waals surface area contributed by atoms with E-state index in [1.165, 1.54) is 32.2 Å². The molecule has 0 aliphatic carbocycles. The first kappa shape index (κ1) is 13.9. The standard InChI is InChI=1S/C12H28N2/c1-6-11(7-2)10-12(13-3)8-9-14(4)5/h11-13H,6-10H2,1-5H3. The van der Waals surface area contributed by atoms with Crippen LogP contribution in [0.15, 0.2) is 0 Å². The summed E-state index contributed by atoms with van der Waals surface area (Å²) in [5, 5.41) is 3.43. The van der Waals surface area contributed by atoms with E-state index < -0.39 is 0 Å². The molecule has 0 bridgehead atoms. The first-order chi connectivity index (χ1) is 6.63. The lowest BCUT2D eigenvalue weighted by atomic mass is 9.93. The molecule has 0 aliphatic heterocycles. The fourth-order valence-electron chi connectivity index (χ4n) is 1.82. The second-order valence-electron chi connectivity index (χ2n) is 4.50. The van der Waals surface area contributed by atoms with Crippen molar-refractivity contribution >= 4 is 0 Å². The van der Waals surface area contributed by atoms with Gasteiger partial charge in [-0.1, -0.05) is 26.7 Å². The van der Waals surface area contributed by atoms with Gasteiger partial charge in [-0.05, 0) is 46.4 Å². The Hall–Kier alpha value is -0.0800. The Morgan fingerprint density at radius 2 is 1.71 bits per heavy atom. The maximum Gasteiger partial charge on any atom is 0.00788 e. The lowest BCUT2D eigenvalue weighted by molar-refractivity contribution is 0.320. The lowest BCUT2D eigenvalue weighted by Gasteiger charge is -2.22. The van der Waals surface area contributed by atoms with E-state index in [4.69, 9.17) is 0 Å². The average Bonchev–Trinajstić information content (AvgIpc) is 2.18. The van der Waals surface area contributed by atoms with Gasteiger partial charge in [0, 0.05) is 6.04 Å². The normalized spacial score (nSPS) is 13.9. The highest BCUT2D eigenvalue weighted by Gasteiger charge is 2.12. The molecule has 1 N–H and O–H groups in total. The van der Waals surface area contributed by atoms with Gasteiger partial charge in [0.1, 0.15) is 0 Å². The first-order valence-electron chi connectivity index (χ1n) is 5.95. The highest BCUT2D eigenvalue weighted by Crippen LogP contribution is 2.16. The Labute approximate surface area is 90.1 Å². The molecule has 0 aromatic carbocycles. The largest absolute Gasteiger partial charge is 0.317 e. The van der Waals surface area contributed by atoms with Crippen molar-refractivity contribution in [2.45, 2.75) is 45.6 Å². The van der Waals surface area contributed by atoms with Crippen LogP contribution in [0.5, 0.6) is 0 Å². The quantitative estimate of drug-likeness (QED) is 0.647. The fourth-order valence-corrected chi connectivity index (χ4v) is 1.82. The van der Waals surface area contributed by atoms with E-state index in [0.29, 0.717) is 6.04 Å². The number of hydrogen-bond donors (Lipinski definition) is 1. The van der Waals surface area contributed by atoms with Gasteiger partial charge in [0.15, 0.2) is 0 Å². The molecule has 2 nitrogen and oxygen atoms in total. The van der Waals surface area contributed by atoms with E-state index in [0.717, 1.165) is 5.92 Å². The van der Waals surface area contributed by atoms with Crippen molar-refractivity contribution < 1.29 is 0 Å². The van der Waals surface area contributed by atoms with E-state index in [-0.39, 0.29) is 0 Å². The molecule has 2 heteroatoms. The van der Waals surface area contributed by atoms with Gasteiger partial charge in [0.25, 0.3) is 0 Å². The van der Waals surface area contributed by atoms with Crippen LogP contribution in [-0.4, -0.2) is 38.6 Å². The maximum atomic E-state index is 3.43. The SMILES string of the molecule is CCC(CC)CC(CCN(C)C)NC. The van der Waals surface area contributed by atoms with E-state index in [1.54, 1.807) is 0 Å². The van der Waals surface area contributed by atoms with Crippen LogP contribution in [-0.2, 0) is 0 Å². The number of hydrogen-bond acceptors (Lipinski definition) is 2. The summed E-state index contributed by atoms with van der Waals surface area (Å²) < 4.78 is 0. The third kappa shape index (κ3) is 6.39. The zero-order valence-corrected chi connectivity index (χ0v) is 10.6. The van der Waals surface area contributed by atoms with Gasteiger partial charge >= 0.3 is 0 Å². The van der Waals surface area contributed by atoms with Gasteiger partial charge in [-0.3, -0.25) is 0 Å². The number of nitrogens with zero attached hydrogens (tertiary/aromatic N) is 1. The smallest absolute Gasteiger partial charge is 0.00788 e. The molecule has 0 spiro atoms. The topological polar surface area (TPSA) is 15.3 Å². The highest BCUT2D eigenvalue weighted by atomic mass is 15.1. The van der Waals surface area contributed by atoms with Crippen molar-refractivity contribution in [3.63, 3.8) is 0 Å². The van der Waals surface area contributed by atoms with Crippen LogP contribution in [0.25, 0.3) is 0 Å². The molecule has 0 saturated heterocycles. The molecule has 0 saturated carbocycles. The van der Waals surface area contributed by atoms with E-state index in [2.05, 4.69) is 45.2 Å². The third-order valence-corrected chi connectivity index (χ3v) is 3.11. The fraction of sp³-hybridized carbons (Fsp3) is 1.00. The summed E-state index contributed by atoms with van der Waals surface area (Å²) in [6.07, 6.45) is 5.23. The Morgan fingerprint density at radius 3 is 2.07 bits per heavy atom. The molecule has 0 fully saturated rings. The molecule has 1 unspecified atom stereocenters. The van der Waals surface area contributed by atoms with Gasteiger partial charge in [-0.15, -0.1) is 0 Å². The zero-order chi connectivity index (χ0) is 11.0. The third-order valence-electron chi connectivity index (χ3n) is 3.11. The molecule has 86 valence electrons. The van der Waals surface area contributed by atoms with E-state index >= 15 is 0 Å². The summed E-state index contributed by atoms with van der Waals surface area (Å²) >= 11 is 0. The van der Waals surface area contributed by atoms with Crippen LogP contribution < -0.4 is 5.32 Å².